The Morgan fingerprint density at radius 1 is 0.750 bits per heavy atom. The van der Waals surface area contributed by atoms with E-state index in [-0.39, 0.29) is 11.8 Å². The first-order valence-electron chi connectivity index (χ1n) is 10.3. The third-order valence-electron chi connectivity index (χ3n) is 5.75. The third-order valence-corrected chi connectivity index (χ3v) is 6.79. The van der Waals surface area contributed by atoms with Crippen LogP contribution in [0.3, 0.4) is 0 Å². The Labute approximate surface area is 191 Å². The monoisotopic (exact) mass is 439 g/mol. The second-order valence-electron chi connectivity index (χ2n) is 7.80. The van der Waals surface area contributed by atoms with Gasteiger partial charge in [0, 0.05) is 12.6 Å². The van der Waals surface area contributed by atoms with Gasteiger partial charge in [-0.05, 0) is 54.9 Å². The van der Waals surface area contributed by atoms with E-state index in [1.165, 1.54) is 11.8 Å². The average Bonchev–Trinajstić information content (AvgIpc) is 3.23. The number of thioether (sulfide) groups is 1. The molecular formula is C26H21N3O2S. The van der Waals surface area contributed by atoms with Gasteiger partial charge in [-0.1, -0.05) is 54.6 Å². The number of carbonyl (C=O) groups excluding carboxylic acids is 2. The van der Waals surface area contributed by atoms with E-state index in [0.717, 1.165) is 33.8 Å². The minimum absolute atomic E-state index is 0.177. The van der Waals surface area contributed by atoms with Crippen LogP contribution in [-0.4, -0.2) is 24.0 Å². The summed E-state index contributed by atoms with van der Waals surface area (Å²) in [5.41, 5.74) is 5.55. The van der Waals surface area contributed by atoms with Gasteiger partial charge in [0.2, 0.25) is 0 Å². The number of likely N-dealkylation sites (N-methyl/N-ethyl adjacent to an activating group) is 1. The summed E-state index contributed by atoms with van der Waals surface area (Å²) in [6, 6.07) is 23.1. The molecule has 2 aliphatic heterocycles. The molecule has 2 amide bonds. The summed E-state index contributed by atoms with van der Waals surface area (Å²) in [5, 5.41) is 0.543. The molecule has 0 saturated carbocycles. The van der Waals surface area contributed by atoms with Crippen molar-refractivity contribution in [2.45, 2.75) is 13.8 Å². The number of aliphatic imine (C=N–C) groups is 1. The summed E-state index contributed by atoms with van der Waals surface area (Å²) in [7, 11) is 1.74. The lowest BCUT2D eigenvalue weighted by Gasteiger charge is -2.18. The fourth-order valence-electron chi connectivity index (χ4n) is 4.01. The molecule has 0 bridgehead atoms. The molecule has 32 heavy (non-hydrogen) atoms. The smallest absolute Gasteiger partial charge is 0.272 e. The van der Waals surface area contributed by atoms with E-state index >= 15 is 0 Å². The van der Waals surface area contributed by atoms with E-state index in [1.54, 1.807) is 16.8 Å². The molecule has 5 nitrogen and oxygen atoms in total. The normalized spacial score (nSPS) is 19.3. The number of rotatable bonds is 2. The molecule has 0 N–H and O–H groups in total. The zero-order valence-electron chi connectivity index (χ0n) is 18.0. The summed E-state index contributed by atoms with van der Waals surface area (Å²) in [5.74, 6) is -0.408. The van der Waals surface area contributed by atoms with E-state index < -0.39 is 0 Å². The molecule has 1 fully saturated rings. The Kier molecular flexibility index (Phi) is 4.94. The summed E-state index contributed by atoms with van der Waals surface area (Å²) >= 11 is 1.26. The van der Waals surface area contributed by atoms with Gasteiger partial charge in [-0.2, -0.15) is 0 Å². The van der Waals surface area contributed by atoms with Crippen molar-refractivity contribution >= 4 is 51.4 Å². The topological polar surface area (TPSA) is 53.0 Å². The maximum atomic E-state index is 13.8. The van der Waals surface area contributed by atoms with Crippen molar-refractivity contribution in [3.05, 3.63) is 94.4 Å². The van der Waals surface area contributed by atoms with Gasteiger partial charge in [-0.25, -0.2) is 4.99 Å². The van der Waals surface area contributed by atoms with Crippen molar-refractivity contribution in [2.75, 3.05) is 16.8 Å². The lowest BCUT2D eigenvalue weighted by atomic mass is 10.1. The van der Waals surface area contributed by atoms with E-state index in [9.17, 15) is 9.59 Å². The molecule has 0 spiro atoms. The SMILES string of the molecule is Cc1ccccc1N=C1SC(=C2C(=O)N(C)c3ccccc32)C(=O)N1c1ccccc1C. The van der Waals surface area contributed by atoms with Crippen LogP contribution in [0.15, 0.2) is 82.7 Å². The van der Waals surface area contributed by atoms with Crippen LogP contribution >= 0.6 is 11.8 Å². The molecule has 0 atom stereocenters. The number of aryl methyl sites for hydroxylation is 2. The molecule has 3 aromatic carbocycles. The van der Waals surface area contributed by atoms with Crippen molar-refractivity contribution in [3.8, 4) is 0 Å². The van der Waals surface area contributed by atoms with Gasteiger partial charge >= 0.3 is 0 Å². The number of para-hydroxylation sites is 3. The fourth-order valence-corrected chi connectivity index (χ4v) is 5.08. The second-order valence-corrected chi connectivity index (χ2v) is 8.77. The average molecular weight is 440 g/mol. The fraction of sp³-hybridized carbons (Fsp3) is 0.115. The number of amidine groups is 1. The van der Waals surface area contributed by atoms with Crippen molar-refractivity contribution in [3.63, 3.8) is 0 Å². The predicted octanol–water partition coefficient (Wildman–Crippen LogP) is 5.46. The molecular weight excluding hydrogens is 418 g/mol. The van der Waals surface area contributed by atoms with Crippen LogP contribution in [0, 0.1) is 13.8 Å². The molecule has 158 valence electrons. The Balaban J connectivity index is 1.73. The highest BCUT2D eigenvalue weighted by Crippen LogP contribution is 2.46. The van der Waals surface area contributed by atoms with Crippen LogP contribution in [-0.2, 0) is 9.59 Å². The number of fused-ring (bicyclic) bond motifs is 1. The number of carbonyl (C=O) groups is 2. The van der Waals surface area contributed by atoms with Gasteiger partial charge in [0.25, 0.3) is 11.8 Å². The molecule has 6 heteroatoms. The maximum Gasteiger partial charge on any atom is 0.272 e. The van der Waals surface area contributed by atoms with Crippen LogP contribution < -0.4 is 9.80 Å². The highest BCUT2D eigenvalue weighted by atomic mass is 32.2. The van der Waals surface area contributed by atoms with E-state index in [2.05, 4.69) is 0 Å². The van der Waals surface area contributed by atoms with Gasteiger partial charge in [0.05, 0.1) is 27.5 Å². The number of nitrogens with zero attached hydrogens (tertiary/aromatic N) is 3. The largest absolute Gasteiger partial charge is 0.311 e. The molecule has 0 radical (unpaired) electrons. The minimum atomic E-state index is -0.231. The summed E-state index contributed by atoms with van der Waals surface area (Å²) in [4.78, 5) is 35.4. The van der Waals surface area contributed by atoms with Crippen molar-refractivity contribution in [1.82, 2.24) is 0 Å². The van der Waals surface area contributed by atoms with E-state index in [1.807, 2.05) is 86.6 Å². The summed E-state index contributed by atoms with van der Waals surface area (Å²) in [6.07, 6.45) is 0. The van der Waals surface area contributed by atoms with Gasteiger partial charge < -0.3 is 4.90 Å². The Bertz CT molecular complexity index is 1340. The lowest BCUT2D eigenvalue weighted by molar-refractivity contribution is -0.115. The van der Waals surface area contributed by atoms with Crippen LogP contribution in [0.25, 0.3) is 5.57 Å². The van der Waals surface area contributed by atoms with Gasteiger partial charge in [0.1, 0.15) is 0 Å². The minimum Gasteiger partial charge on any atom is -0.311 e. The molecule has 5 rings (SSSR count). The first-order valence-corrected chi connectivity index (χ1v) is 11.1. The molecule has 0 unspecified atom stereocenters. The zero-order chi connectivity index (χ0) is 22.4. The van der Waals surface area contributed by atoms with Crippen molar-refractivity contribution < 1.29 is 9.59 Å². The first kappa shape index (κ1) is 20.3. The molecule has 0 aliphatic carbocycles. The Morgan fingerprint density at radius 3 is 2.09 bits per heavy atom. The van der Waals surface area contributed by atoms with Crippen LogP contribution in [0.4, 0.5) is 17.1 Å². The van der Waals surface area contributed by atoms with Crippen LogP contribution in [0.2, 0.25) is 0 Å². The zero-order valence-corrected chi connectivity index (χ0v) is 18.8. The van der Waals surface area contributed by atoms with Crippen LogP contribution in [0.1, 0.15) is 16.7 Å². The highest BCUT2D eigenvalue weighted by Gasteiger charge is 2.42. The van der Waals surface area contributed by atoms with Crippen molar-refractivity contribution in [2.24, 2.45) is 4.99 Å². The first-order chi connectivity index (χ1) is 15.5. The molecule has 2 heterocycles. The number of hydrogen-bond acceptors (Lipinski definition) is 4. The molecule has 2 aliphatic rings. The maximum absolute atomic E-state index is 13.8. The van der Waals surface area contributed by atoms with Crippen LogP contribution in [0.5, 0.6) is 0 Å². The lowest BCUT2D eigenvalue weighted by Crippen LogP contribution is -2.30. The highest BCUT2D eigenvalue weighted by molar-refractivity contribution is 8.19. The number of benzene rings is 3. The molecule has 1 saturated heterocycles. The number of anilines is 2. The van der Waals surface area contributed by atoms with E-state index in [0.29, 0.717) is 15.6 Å². The number of amides is 2. The molecule has 0 aromatic heterocycles. The third kappa shape index (κ3) is 3.15. The van der Waals surface area contributed by atoms with Crippen molar-refractivity contribution in [1.29, 1.82) is 0 Å². The molecule has 3 aromatic rings. The Hall–Kier alpha value is -3.64. The summed E-state index contributed by atoms with van der Waals surface area (Å²) in [6.45, 7) is 3.96. The van der Waals surface area contributed by atoms with Gasteiger partial charge in [-0.15, -0.1) is 0 Å². The standard InChI is InChI=1S/C26H21N3O2S/c1-16-10-4-7-13-19(16)27-26-29(20-14-8-5-11-17(20)2)25(31)23(32-26)22-18-12-6-9-15-21(18)28(3)24(22)30/h4-15H,1-3H3. The van der Waals surface area contributed by atoms with Gasteiger partial charge in [-0.3, -0.25) is 14.5 Å². The van der Waals surface area contributed by atoms with E-state index in [4.69, 9.17) is 4.99 Å². The Morgan fingerprint density at radius 2 is 1.38 bits per heavy atom. The second kappa shape index (κ2) is 7.80. The van der Waals surface area contributed by atoms with Gasteiger partial charge in [0.15, 0.2) is 5.17 Å². The predicted molar refractivity (Wildman–Crippen MR) is 131 cm³/mol. The quantitative estimate of drug-likeness (QED) is 0.498. The summed E-state index contributed by atoms with van der Waals surface area (Å²) < 4.78 is 0. The number of hydrogen-bond donors (Lipinski definition) is 0.